The highest BCUT2D eigenvalue weighted by atomic mass is 35.5. The highest BCUT2D eigenvalue weighted by Gasteiger charge is 2.11. The number of nitro benzene ring substituents is 1. The van der Waals surface area contributed by atoms with Crippen molar-refractivity contribution in [2.45, 2.75) is 13.8 Å². The van der Waals surface area contributed by atoms with E-state index in [2.05, 4.69) is 19.2 Å². The topological polar surface area (TPSA) is 55.2 Å². The maximum absolute atomic E-state index is 10.7. The Bertz CT molecular complexity index is 445. The zero-order valence-corrected chi connectivity index (χ0v) is 11.3. The summed E-state index contributed by atoms with van der Waals surface area (Å²) in [6.45, 7) is 5.97. The van der Waals surface area contributed by atoms with Crippen LogP contribution in [0.2, 0.25) is 5.02 Å². The number of rotatable bonds is 6. The first kappa shape index (κ1) is 14.7. The van der Waals surface area contributed by atoms with Crippen LogP contribution in [0.3, 0.4) is 0 Å². The molecule has 0 saturated heterocycles. The predicted octanol–water partition coefficient (Wildman–Crippen LogP) is 3.51. The van der Waals surface area contributed by atoms with Gasteiger partial charge in [0.15, 0.2) is 0 Å². The fourth-order valence-electron chi connectivity index (χ4n) is 1.42. The minimum Gasteiger partial charge on any atom is -0.313 e. The molecule has 1 aromatic carbocycles. The average molecular weight is 269 g/mol. The highest BCUT2D eigenvalue weighted by Crippen LogP contribution is 2.25. The predicted molar refractivity (Wildman–Crippen MR) is 74.8 cm³/mol. The lowest BCUT2D eigenvalue weighted by molar-refractivity contribution is -0.384. The molecule has 4 nitrogen and oxygen atoms in total. The lowest BCUT2D eigenvalue weighted by Crippen LogP contribution is -2.19. The number of benzene rings is 1. The molecule has 0 aliphatic carbocycles. The van der Waals surface area contributed by atoms with Crippen LogP contribution in [0.4, 0.5) is 5.69 Å². The van der Waals surface area contributed by atoms with Gasteiger partial charge in [0, 0.05) is 12.6 Å². The van der Waals surface area contributed by atoms with Gasteiger partial charge in [-0.2, -0.15) is 0 Å². The van der Waals surface area contributed by atoms with Crippen LogP contribution in [0.5, 0.6) is 0 Å². The molecule has 0 amide bonds. The summed E-state index contributed by atoms with van der Waals surface area (Å²) in [5, 5.41) is 14.1. The van der Waals surface area contributed by atoms with Crippen LogP contribution in [0, 0.1) is 16.0 Å². The largest absolute Gasteiger partial charge is 0.313 e. The Morgan fingerprint density at radius 2 is 2.22 bits per heavy atom. The summed E-state index contributed by atoms with van der Waals surface area (Å²) in [4.78, 5) is 10.2. The molecule has 1 aromatic rings. The summed E-state index contributed by atoms with van der Waals surface area (Å²) in [6.07, 6.45) is 3.78. The van der Waals surface area contributed by atoms with Crippen molar-refractivity contribution in [1.29, 1.82) is 0 Å². The van der Waals surface area contributed by atoms with Gasteiger partial charge in [-0.05, 0) is 24.1 Å². The van der Waals surface area contributed by atoms with E-state index < -0.39 is 4.92 Å². The number of hydrogen-bond acceptors (Lipinski definition) is 3. The van der Waals surface area contributed by atoms with Crippen LogP contribution >= 0.6 is 11.6 Å². The van der Waals surface area contributed by atoms with Crippen LogP contribution < -0.4 is 5.32 Å². The Labute approximate surface area is 112 Å². The molecule has 0 spiro atoms. The Morgan fingerprint density at radius 3 is 2.83 bits per heavy atom. The zero-order chi connectivity index (χ0) is 13.5. The van der Waals surface area contributed by atoms with E-state index in [0.717, 1.165) is 18.7 Å². The molecular formula is C13H17ClN2O2. The molecule has 0 unspecified atom stereocenters. The Balaban J connectivity index is 2.59. The molecule has 1 N–H and O–H groups in total. The van der Waals surface area contributed by atoms with E-state index in [1.165, 1.54) is 6.07 Å². The van der Waals surface area contributed by atoms with Crippen molar-refractivity contribution in [3.63, 3.8) is 0 Å². The molecule has 0 radical (unpaired) electrons. The molecule has 0 aliphatic heterocycles. The van der Waals surface area contributed by atoms with Gasteiger partial charge in [0.2, 0.25) is 0 Å². The third kappa shape index (κ3) is 4.85. The Kier molecular flexibility index (Phi) is 5.82. The van der Waals surface area contributed by atoms with Crippen molar-refractivity contribution >= 4 is 23.4 Å². The molecular weight excluding hydrogens is 252 g/mol. The second-order valence-electron chi connectivity index (χ2n) is 4.42. The number of nitro groups is 1. The van der Waals surface area contributed by atoms with Gasteiger partial charge < -0.3 is 5.32 Å². The number of nitrogens with one attached hydrogen (secondary N) is 1. The Morgan fingerprint density at radius 1 is 1.50 bits per heavy atom. The van der Waals surface area contributed by atoms with Crippen molar-refractivity contribution in [1.82, 2.24) is 5.32 Å². The smallest absolute Gasteiger partial charge is 0.288 e. The van der Waals surface area contributed by atoms with E-state index in [1.807, 2.05) is 12.2 Å². The molecule has 0 bridgehead atoms. The maximum atomic E-state index is 10.7. The third-order valence-electron chi connectivity index (χ3n) is 2.29. The molecule has 0 heterocycles. The lowest BCUT2D eigenvalue weighted by atomic mass is 10.2. The molecule has 0 aromatic heterocycles. The van der Waals surface area contributed by atoms with Gasteiger partial charge in [0.05, 0.1) is 4.92 Å². The molecule has 0 aliphatic rings. The molecule has 0 saturated carbocycles. The molecule has 1 rings (SSSR count). The monoisotopic (exact) mass is 268 g/mol. The van der Waals surface area contributed by atoms with Crippen molar-refractivity contribution < 1.29 is 4.92 Å². The van der Waals surface area contributed by atoms with Crippen molar-refractivity contribution in [3.8, 4) is 0 Å². The number of hydrogen-bond donors (Lipinski definition) is 1. The molecule has 0 fully saturated rings. The summed E-state index contributed by atoms with van der Waals surface area (Å²) < 4.78 is 0. The van der Waals surface area contributed by atoms with Gasteiger partial charge in [-0.1, -0.05) is 43.7 Å². The van der Waals surface area contributed by atoms with Gasteiger partial charge in [-0.3, -0.25) is 10.1 Å². The molecule has 5 heteroatoms. The fraction of sp³-hybridized carbons (Fsp3) is 0.385. The number of halogens is 1. The van der Waals surface area contributed by atoms with Crippen molar-refractivity contribution in [2.24, 2.45) is 5.92 Å². The minimum atomic E-state index is -0.476. The van der Waals surface area contributed by atoms with E-state index in [0.29, 0.717) is 5.92 Å². The minimum absolute atomic E-state index is 0.0612. The van der Waals surface area contributed by atoms with Crippen LogP contribution in [-0.2, 0) is 0 Å². The average Bonchev–Trinajstić information content (AvgIpc) is 2.30. The van der Waals surface area contributed by atoms with Gasteiger partial charge in [-0.25, -0.2) is 0 Å². The van der Waals surface area contributed by atoms with Gasteiger partial charge in [-0.15, -0.1) is 0 Å². The van der Waals surface area contributed by atoms with Crippen LogP contribution in [-0.4, -0.2) is 18.0 Å². The Hall–Kier alpha value is -1.39. The molecule has 98 valence electrons. The summed E-state index contributed by atoms with van der Waals surface area (Å²) in [7, 11) is 0. The highest BCUT2D eigenvalue weighted by molar-refractivity contribution is 6.32. The second-order valence-corrected chi connectivity index (χ2v) is 4.83. The normalized spacial score (nSPS) is 11.3. The SMILES string of the molecule is CC(C)CNCC=Cc1ccc(Cl)c([N+](=O)[O-])c1. The lowest BCUT2D eigenvalue weighted by Gasteiger charge is -2.03. The van der Waals surface area contributed by atoms with Gasteiger partial charge >= 0.3 is 0 Å². The molecule has 0 atom stereocenters. The summed E-state index contributed by atoms with van der Waals surface area (Å²) in [5.74, 6) is 0.606. The first-order valence-corrected chi connectivity index (χ1v) is 6.19. The van der Waals surface area contributed by atoms with Crippen LogP contribution in [0.25, 0.3) is 6.08 Å². The van der Waals surface area contributed by atoms with E-state index >= 15 is 0 Å². The number of nitrogens with zero attached hydrogens (tertiary/aromatic N) is 1. The third-order valence-corrected chi connectivity index (χ3v) is 2.61. The maximum Gasteiger partial charge on any atom is 0.288 e. The second kappa shape index (κ2) is 7.13. The standard InChI is InChI=1S/C13H17ClN2O2/c1-10(2)9-15-7-3-4-11-5-6-12(14)13(8-11)16(17)18/h3-6,8,10,15H,7,9H2,1-2H3. The summed E-state index contributed by atoms with van der Waals surface area (Å²) in [6, 6.07) is 4.77. The van der Waals surface area contributed by atoms with E-state index in [1.54, 1.807) is 12.1 Å². The zero-order valence-electron chi connectivity index (χ0n) is 10.5. The van der Waals surface area contributed by atoms with E-state index in [9.17, 15) is 10.1 Å². The summed E-state index contributed by atoms with van der Waals surface area (Å²) >= 11 is 5.73. The first-order chi connectivity index (χ1) is 8.50. The van der Waals surface area contributed by atoms with Crippen molar-refractivity contribution in [3.05, 3.63) is 45.0 Å². The molecule has 18 heavy (non-hydrogen) atoms. The first-order valence-electron chi connectivity index (χ1n) is 5.82. The summed E-state index contributed by atoms with van der Waals surface area (Å²) in [5.41, 5.74) is 0.714. The van der Waals surface area contributed by atoms with Gasteiger partial charge in [0.1, 0.15) is 5.02 Å². The van der Waals surface area contributed by atoms with Crippen LogP contribution in [0.15, 0.2) is 24.3 Å². The van der Waals surface area contributed by atoms with E-state index in [-0.39, 0.29) is 10.7 Å². The van der Waals surface area contributed by atoms with Crippen LogP contribution in [0.1, 0.15) is 19.4 Å². The quantitative estimate of drug-likeness (QED) is 0.488. The fourth-order valence-corrected chi connectivity index (χ4v) is 1.61. The van der Waals surface area contributed by atoms with Crippen molar-refractivity contribution in [2.75, 3.05) is 13.1 Å². The van der Waals surface area contributed by atoms with Gasteiger partial charge in [0.25, 0.3) is 5.69 Å². The van der Waals surface area contributed by atoms with E-state index in [4.69, 9.17) is 11.6 Å².